The zero-order valence-corrected chi connectivity index (χ0v) is 13.9. The maximum Gasteiger partial charge on any atom is 0.231 e. The third-order valence-corrected chi connectivity index (χ3v) is 5.09. The van der Waals surface area contributed by atoms with Crippen LogP contribution in [0.4, 0.5) is 5.69 Å². The second-order valence-electron chi connectivity index (χ2n) is 5.85. The van der Waals surface area contributed by atoms with Gasteiger partial charge in [0.1, 0.15) is 4.33 Å². The minimum Gasteiger partial charge on any atom is -0.325 e. The normalized spacial score (nSPS) is 22.2. The van der Waals surface area contributed by atoms with Crippen molar-refractivity contribution in [3.05, 3.63) is 65.2 Å². The standard InChI is InChI=1S/C18H17Cl2NO/c1-11-8-9-12(2)14(10-11)21-17(22)16-15(18(16,19)20)13-6-4-3-5-7-13/h3-10,15-16H,1-2H3,(H,21,22)/t15-,16-/m1/s1. The van der Waals surface area contributed by atoms with Crippen LogP contribution in [0, 0.1) is 19.8 Å². The van der Waals surface area contributed by atoms with Gasteiger partial charge in [-0.2, -0.15) is 0 Å². The molecule has 4 heteroatoms. The van der Waals surface area contributed by atoms with Crippen molar-refractivity contribution in [1.29, 1.82) is 0 Å². The molecule has 0 spiro atoms. The minimum absolute atomic E-state index is 0.132. The average Bonchev–Trinajstić information content (AvgIpc) is 3.06. The highest BCUT2D eigenvalue weighted by atomic mass is 35.5. The molecule has 1 aliphatic carbocycles. The Morgan fingerprint density at radius 1 is 1.09 bits per heavy atom. The molecule has 0 saturated heterocycles. The molecule has 114 valence electrons. The predicted octanol–water partition coefficient (Wildman–Crippen LogP) is 4.83. The lowest BCUT2D eigenvalue weighted by molar-refractivity contribution is -0.117. The third kappa shape index (κ3) is 2.73. The van der Waals surface area contributed by atoms with E-state index in [0.717, 1.165) is 22.4 Å². The van der Waals surface area contributed by atoms with Gasteiger partial charge in [-0.1, -0.05) is 42.5 Å². The molecule has 1 saturated carbocycles. The third-order valence-electron chi connectivity index (χ3n) is 4.15. The van der Waals surface area contributed by atoms with Crippen LogP contribution >= 0.6 is 23.2 Å². The zero-order chi connectivity index (χ0) is 15.9. The highest BCUT2D eigenvalue weighted by Gasteiger charge is 2.67. The van der Waals surface area contributed by atoms with Crippen LogP contribution in [-0.4, -0.2) is 10.2 Å². The van der Waals surface area contributed by atoms with E-state index in [-0.39, 0.29) is 11.8 Å². The van der Waals surface area contributed by atoms with E-state index >= 15 is 0 Å². The molecule has 0 heterocycles. The lowest BCUT2D eigenvalue weighted by Crippen LogP contribution is -2.17. The first kappa shape index (κ1) is 15.4. The summed E-state index contributed by atoms with van der Waals surface area (Å²) in [5, 5.41) is 2.96. The van der Waals surface area contributed by atoms with Gasteiger partial charge in [0.2, 0.25) is 5.91 Å². The van der Waals surface area contributed by atoms with Gasteiger partial charge in [0.25, 0.3) is 0 Å². The van der Waals surface area contributed by atoms with E-state index in [4.69, 9.17) is 23.2 Å². The lowest BCUT2D eigenvalue weighted by Gasteiger charge is -2.09. The molecule has 0 aliphatic heterocycles. The fraction of sp³-hybridized carbons (Fsp3) is 0.278. The molecule has 2 aromatic rings. The number of benzene rings is 2. The first-order chi connectivity index (χ1) is 10.4. The van der Waals surface area contributed by atoms with Gasteiger partial charge in [-0.15, -0.1) is 23.2 Å². The Balaban J connectivity index is 1.80. The molecule has 2 nitrogen and oxygen atoms in total. The van der Waals surface area contributed by atoms with E-state index in [1.807, 2.05) is 62.4 Å². The topological polar surface area (TPSA) is 29.1 Å². The first-order valence-corrected chi connectivity index (χ1v) is 7.97. The van der Waals surface area contributed by atoms with Crippen LogP contribution in [0.2, 0.25) is 0 Å². The fourth-order valence-corrected chi connectivity index (χ4v) is 3.64. The Kier molecular flexibility index (Phi) is 3.92. The van der Waals surface area contributed by atoms with Gasteiger partial charge < -0.3 is 5.32 Å². The van der Waals surface area contributed by atoms with Crippen molar-refractivity contribution >= 4 is 34.8 Å². The summed E-state index contributed by atoms with van der Waals surface area (Å²) in [5.41, 5.74) is 3.92. The van der Waals surface area contributed by atoms with Gasteiger partial charge in [0.15, 0.2) is 0 Å². The predicted molar refractivity (Wildman–Crippen MR) is 91.7 cm³/mol. The Labute approximate surface area is 140 Å². The van der Waals surface area contributed by atoms with Crippen molar-refractivity contribution in [2.24, 2.45) is 5.92 Å². The summed E-state index contributed by atoms with van der Waals surface area (Å²) in [5.74, 6) is -0.729. The summed E-state index contributed by atoms with van der Waals surface area (Å²) in [6.45, 7) is 3.96. The molecular formula is C18H17Cl2NO. The Bertz CT molecular complexity index is 712. The Hall–Kier alpha value is -1.51. The summed E-state index contributed by atoms with van der Waals surface area (Å²) in [7, 11) is 0. The first-order valence-electron chi connectivity index (χ1n) is 7.22. The average molecular weight is 334 g/mol. The molecule has 0 aromatic heterocycles. The fourth-order valence-electron chi connectivity index (χ4n) is 2.81. The van der Waals surface area contributed by atoms with Gasteiger partial charge in [0, 0.05) is 11.6 Å². The number of hydrogen-bond donors (Lipinski definition) is 1. The molecule has 22 heavy (non-hydrogen) atoms. The Morgan fingerprint density at radius 3 is 2.45 bits per heavy atom. The number of hydrogen-bond acceptors (Lipinski definition) is 1. The molecule has 1 amide bonds. The monoisotopic (exact) mass is 333 g/mol. The minimum atomic E-state index is -1.04. The van der Waals surface area contributed by atoms with Crippen LogP contribution in [0.1, 0.15) is 22.6 Å². The van der Waals surface area contributed by atoms with Crippen molar-refractivity contribution in [2.45, 2.75) is 24.1 Å². The second-order valence-corrected chi connectivity index (χ2v) is 7.29. The smallest absolute Gasteiger partial charge is 0.231 e. The quantitative estimate of drug-likeness (QED) is 0.801. The number of carbonyl (C=O) groups is 1. The van der Waals surface area contributed by atoms with Crippen molar-refractivity contribution in [3.8, 4) is 0 Å². The highest BCUT2D eigenvalue weighted by molar-refractivity contribution is 6.53. The maximum absolute atomic E-state index is 12.6. The number of alkyl halides is 2. The molecule has 1 fully saturated rings. The van der Waals surface area contributed by atoms with Gasteiger partial charge in [-0.25, -0.2) is 0 Å². The van der Waals surface area contributed by atoms with Gasteiger partial charge >= 0.3 is 0 Å². The van der Waals surface area contributed by atoms with Crippen LogP contribution in [0.25, 0.3) is 0 Å². The molecule has 0 radical (unpaired) electrons. The van der Waals surface area contributed by atoms with Gasteiger partial charge in [-0.3, -0.25) is 4.79 Å². The van der Waals surface area contributed by atoms with Crippen LogP contribution in [0.5, 0.6) is 0 Å². The zero-order valence-electron chi connectivity index (χ0n) is 12.4. The molecule has 0 bridgehead atoms. The van der Waals surface area contributed by atoms with E-state index < -0.39 is 10.3 Å². The van der Waals surface area contributed by atoms with E-state index in [1.54, 1.807) is 0 Å². The van der Waals surface area contributed by atoms with Gasteiger partial charge in [0.05, 0.1) is 5.92 Å². The van der Waals surface area contributed by atoms with Crippen molar-refractivity contribution in [1.82, 2.24) is 0 Å². The molecule has 3 rings (SSSR count). The van der Waals surface area contributed by atoms with Crippen molar-refractivity contribution in [3.63, 3.8) is 0 Å². The van der Waals surface area contributed by atoms with Crippen LogP contribution in [-0.2, 0) is 4.79 Å². The van der Waals surface area contributed by atoms with E-state index in [0.29, 0.717) is 0 Å². The second kappa shape index (κ2) is 5.60. The number of anilines is 1. The molecular weight excluding hydrogens is 317 g/mol. The Morgan fingerprint density at radius 2 is 1.77 bits per heavy atom. The van der Waals surface area contributed by atoms with Crippen LogP contribution in [0.15, 0.2) is 48.5 Å². The molecule has 1 aliphatic rings. The highest BCUT2D eigenvalue weighted by Crippen LogP contribution is 2.65. The summed E-state index contributed by atoms with van der Waals surface area (Å²) >= 11 is 12.7. The number of rotatable bonds is 3. The van der Waals surface area contributed by atoms with Crippen LogP contribution in [0.3, 0.4) is 0 Å². The number of nitrogens with one attached hydrogen (secondary N) is 1. The SMILES string of the molecule is Cc1ccc(C)c(NC(=O)[C@H]2[C@@H](c3ccccc3)C2(Cl)Cl)c1. The number of aryl methyl sites for hydroxylation is 2. The lowest BCUT2D eigenvalue weighted by atomic mass is 10.1. The number of amides is 1. The number of carbonyl (C=O) groups excluding carboxylic acids is 1. The maximum atomic E-state index is 12.6. The van der Waals surface area contributed by atoms with Crippen molar-refractivity contribution in [2.75, 3.05) is 5.32 Å². The largest absolute Gasteiger partial charge is 0.325 e. The number of halogens is 2. The van der Waals surface area contributed by atoms with E-state index in [2.05, 4.69) is 5.32 Å². The summed E-state index contributed by atoms with van der Waals surface area (Å²) in [6, 6.07) is 15.7. The molecule has 2 atom stereocenters. The van der Waals surface area contributed by atoms with E-state index in [9.17, 15) is 4.79 Å². The molecule has 0 unspecified atom stereocenters. The molecule has 2 aromatic carbocycles. The van der Waals surface area contributed by atoms with Crippen molar-refractivity contribution < 1.29 is 4.79 Å². The summed E-state index contributed by atoms with van der Waals surface area (Å²) in [4.78, 5) is 12.6. The summed E-state index contributed by atoms with van der Waals surface area (Å²) in [6.07, 6.45) is 0. The van der Waals surface area contributed by atoms with Crippen LogP contribution < -0.4 is 5.32 Å². The van der Waals surface area contributed by atoms with Gasteiger partial charge in [-0.05, 0) is 36.6 Å². The molecule has 1 N–H and O–H groups in total. The summed E-state index contributed by atoms with van der Waals surface area (Å²) < 4.78 is -1.04. The van der Waals surface area contributed by atoms with E-state index in [1.165, 1.54) is 0 Å².